The lowest BCUT2D eigenvalue weighted by atomic mass is 10.0. The standard InChI is InChI=1S/C23H26ClN3O2/c24-18-9-7-17(8-10-18)16-22-20-5-1-2-6-21(20)23(29)27(25-22)19-4-3-12-26(13-11-19)14-15-28/h1-2,5-10,19,28H,3-4,11-16H2. The average molecular weight is 412 g/mol. The van der Waals surface area contributed by atoms with Gasteiger partial charge in [-0.3, -0.25) is 4.79 Å². The summed E-state index contributed by atoms with van der Waals surface area (Å²) in [5.74, 6) is 0. The molecule has 0 aliphatic carbocycles. The maximum atomic E-state index is 13.2. The van der Waals surface area contributed by atoms with E-state index in [1.165, 1.54) is 0 Å². The van der Waals surface area contributed by atoms with Gasteiger partial charge in [0, 0.05) is 29.9 Å². The number of hydrogen-bond acceptors (Lipinski definition) is 4. The zero-order chi connectivity index (χ0) is 20.2. The minimum absolute atomic E-state index is 0.0129. The summed E-state index contributed by atoms with van der Waals surface area (Å²) < 4.78 is 1.72. The van der Waals surface area contributed by atoms with E-state index >= 15 is 0 Å². The molecule has 2 heterocycles. The molecule has 1 saturated heterocycles. The summed E-state index contributed by atoms with van der Waals surface area (Å²) in [6.45, 7) is 2.69. The third-order valence-corrected chi connectivity index (χ3v) is 5.99. The van der Waals surface area contributed by atoms with Crippen LogP contribution < -0.4 is 5.56 Å². The number of nitrogens with zero attached hydrogens (tertiary/aromatic N) is 3. The number of hydrogen-bond donors (Lipinski definition) is 1. The van der Waals surface area contributed by atoms with Crippen LogP contribution in [0.2, 0.25) is 5.02 Å². The zero-order valence-electron chi connectivity index (χ0n) is 16.4. The highest BCUT2D eigenvalue weighted by Gasteiger charge is 2.22. The number of aliphatic hydroxyl groups excluding tert-OH is 1. The number of benzene rings is 2. The van der Waals surface area contributed by atoms with Gasteiger partial charge in [0.2, 0.25) is 0 Å². The molecule has 0 spiro atoms. The van der Waals surface area contributed by atoms with Gasteiger partial charge in [0.1, 0.15) is 0 Å². The van der Waals surface area contributed by atoms with E-state index in [1.54, 1.807) is 4.68 Å². The van der Waals surface area contributed by atoms with E-state index in [0.29, 0.717) is 18.0 Å². The Balaban J connectivity index is 1.71. The van der Waals surface area contributed by atoms with E-state index in [2.05, 4.69) is 4.90 Å². The fourth-order valence-corrected chi connectivity index (χ4v) is 4.32. The lowest BCUT2D eigenvalue weighted by Gasteiger charge is -2.20. The summed E-state index contributed by atoms with van der Waals surface area (Å²) in [5, 5.41) is 16.4. The predicted molar refractivity (Wildman–Crippen MR) is 117 cm³/mol. The van der Waals surface area contributed by atoms with Crippen LogP contribution in [0, 0.1) is 0 Å². The van der Waals surface area contributed by atoms with Crippen LogP contribution >= 0.6 is 11.6 Å². The normalized spacial score (nSPS) is 18.1. The second-order valence-corrected chi connectivity index (χ2v) is 8.13. The number of fused-ring (bicyclic) bond motifs is 1. The number of rotatable bonds is 5. The topological polar surface area (TPSA) is 58.4 Å². The Hall–Kier alpha value is -2.21. The maximum absolute atomic E-state index is 13.2. The Morgan fingerprint density at radius 1 is 1.03 bits per heavy atom. The van der Waals surface area contributed by atoms with Crippen LogP contribution in [0.5, 0.6) is 0 Å². The molecule has 4 rings (SSSR count). The van der Waals surface area contributed by atoms with Crippen LogP contribution in [-0.4, -0.2) is 46.0 Å². The van der Waals surface area contributed by atoms with Gasteiger partial charge in [-0.1, -0.05) is 41.9 Å². The molecule has 0 amide bonds. The van der Waals surface area contributed by atoms with E-state index in [0.717, 1.165) is 54.4 Å². The molecule has 1 aliphatic heterocycles. The van der Waals surface area contributed by atoms with Gasteiger partial charge < -0.3 is 10.0 Å². The fourth-order valence-electron chi connectivity index (χ4n) is 4.20. The van der Waals surface area contributed by atoms with Crippen molar-refractivity contribution >= 4 is 22.4 Å². The van der Waals surface area contributed by atoms with E-state index in [4.69, 9.17) is 16.7 Å². The van der Waals surface area contributed by atoms with Gasteiger partial charge in [-0.25, -0.2) is 4.68 Å². The fraction of sp³-hybridized carbons (Fsp3) is 0.391. The van der Waals surface area contributed by atoms with Crippen LogP contribution in [0.3, 0.4) is 0 Å². The molecule has 0 saturated carbocycles. The Morgan fingerprint density at radius 3 is 2.55 bits per heavy atom. The van der Waals surface area contributed by atoms with Crippen molar-refractivity contribution in [3.8, 4) is 0 Å². The third-order valence-electron chi connectivity index (χ3n) is 5.74. The van der Waals surface area contributed by atoms with Crippen molar-refractivity contribution < 1.29 is 5.11 Å². The van der Waals surface area contributed by atoms with Gasteiger partial charge in [-0.15, -0.1) is 0 Å². The molecule has 0 bridgehead atoms. The first-order chi connectivity index (χ1) is 14.2. The number of likely N-dealkylation sites (tertiary alicyclic amines) is 1. The molecule has 0 radical (unpaired) electrons. The van der Waals surface area contributed by atoms with Gasteiger partial charge in [0.15, 0.2) is 0 Å². The molecule has 1 aliphatic rings. The largest absolute Gasteiger partial charge is 0.395 e. The molecule has 5 nitrogen and oxygen atoms in total. The van der Waals surface area contributed by atoms with Crippen molar-refractivity contribution in [1.29, 1.82) is 0 Å². The Morgan fingerprint density at radius 2 is 1.79 bits per heavy atom. The van der Waals surface area contributed by atoms with Gasteiger partial charge in [-0.05, 0) is 49.6 Å². The van der Waals surface area contributed by atoms with E-state index in [-0.39, 0.29) is 18.2 Å². The summed E-state index contributed by atoms with van der Waals surface area (Å²) in [5.41, 5.74) is 2.02. The lowest BCUT2D eigenvalue weighted by molar-refractivity contribution is 0.198. The minimum Gasteiger partial charge on any atom is -0.395 e. The second kappa shape index (κ2) is 9.08. The molecule has 1 fully saturated rings. The van der Waals surface area contributed by atoms with Crippen molar-refractivity contribution in [1.82, 2.24) is 14.7 Å². The Labute approximate surface area is 175 Å². The van der Waals surface area contributed by atoms with Crippen LogP contribution in [0.1, 0.15) is 36.6 Å². The molecule has 1 unspecified atom stereocenters. The molecule has 152 valence electrons. The smallest absolute Gasteiger partial charge is 0.274 e. The quantitative estimate of drug-likeness (QED) is 0.696. The minimum atomic E-state index is -0.0129. The first-order valence-electron chi connectivity index (χ1n) is 10.2. The number of β-amino-alcohol motifs (C(OH)–C–C–N with tert-alkyl or cyclic N) is 1. The van der Waals surface area contributed by atoms with Gasteiger partial charge in [-0.2, -0.15) is 5.10 Å². The predicted octanol–water partition coefficient (Wildman–Crippen LogP) is 3.66. The van der Waals surface area contributed by atoms with Crippen LogP contribution in [0.4, 0.5) is 0 Å². The van der Waals surface area contributed by atoms with Crippen molar-refractivity contribution in [3.05, 3.63) is 75.2 Å². The number of aromatic nitrogens is 2. The Bertz CT molecular complexity index is 1030. The van der Waals surface area contributed by atoms with Gasteiger partial charge in [0.05, 0.1) is 23.7 Å². The van der Waals surface area contributed by atoms with Crippen molar-refractivity contribution in [2.45, 2.75) is 31.7 Å². The molecule has 6 heteroatoms. The monoisotopic (exact) mass is 411 g/mol. The summed E-state index contributed by atoms with van der Waals surface area (Å²) in [4.78, 5) is 15.5. The summed E-state index contributed by atoms with van der Waals surface area (Å²) in [7, 11) is 0. The van der Waals surface area contributed by atoms with E-state index < -0.39 is 0 Å². The Kier molecular flexibility index (Phi) is 6.28. The van der Waals surface area contributed by atoms with Crippen LogP contribution in [0.25, 0.3) is 10.8 Å². The molecular formula is C23H26ClN3O2. The van der Waals surface area contributed by atoms with Gasteiger partial charge in [0.25, 0.3) is 5.56 Å². The summed E-state index contributed by atoms with van der Waals surface area (Å²) in [6.07, 6.45) is 3.44. The summed E-state index contributed by atoms with van der Waals surface area (Å²) >= 11 is 6.03. The second-order valence-electron chi connectivity index (χ2n) is 7.70. The first kappa shape index (κ1) is 20.1. The van der Waals surface area contributed by atoms with Crippen LogP contribution in [-0.2, 0) is 6.42 Å². The van der Waals surface area contributed by atoms with Crippen molar-refractivity contribution in [3.63, 3.8) is 0 Å². The highest BCUT2D eigenvalue weighted by atomic mass is 35.5. The van der Waals surface area contributed by atoms with Crippen LogP contribution in [0.15, 0.2) is 53.3 Å². The molecule has 1 atom stereocenters. The highest BCUT2D eigenvalue weighted by molar-refractivity contribution is 6.30. The molecule has 29 heavy (non-hydrogen) atoms. The lowest BCUT2D eigenvalue weighted by Crippen LogP contribution is -2.31. The molecular weight excluding hydrogens is 386 g/mol. The third kappa shape index (κ3) is 4.53. The summed E-state index contributed by atoms with van der Waals surface area (Å²) in [6, 6.07) is 15.6. The molecule has 1 N–H and O–H groups in total. The van der Waals surface area contributed by atoms with Crippen molar-refractivity contribution in [2.24, 2.45) is 0 Å². The van der Waals surface area contributed by atoms with E-state index in [1.807, 2.05) is 48.5 Å². The molecule has 1 aromatic heterocycles. The zero-order valence-corrected chi connectivity index (χ0v) is 17.2. The maximum Gasteiger partial charge on any atom is 0.274 e. The van der Waals surface area contributed by atoms with Gasteiger partial charge >= 0.3 is 0 Å². The van der Waals surface area contributed by atoms with E-state index in [9.17, 15) is 9.90 Å². The van der Waals surface area contributed by atoms with Crippen molar-refractivity contribution in [2.75, 3.05) is 26.2 Å². The average Bonchev–Trinajstić information content (AvgIpc) is 2.98. The molecule has 3 aromatic rings. The highest BCUT2D eigenvalue weighted by Crippen LogP contribution is 2.24. The molecule has 2 aromatic carbocycles. The first-order valence-corrected chi connectivity index (χ1v) is 10.6. The SMILES string of the molecule is O=c1c2ccccc2c(Cc2ccc(Cl)cc2)nn1C1CCCN(CCO)CC1. The number of aliphatic hydroxyl groups is 1. The number of halogens is 1.